The van der Waals surface area contributed by atoms with E-state index in [0.29, 0.717) is 12.0 Å². The second-order valence-electron chi connectivity index (χ2n) is 17.4. The van der Waals surface area contributed by atoms with Crippen molar-refractivity contribution in [2.45, 2.75) is 141 Å². The molecule has 1 saturated heterocycles. The Bertz CT molecular complexity index is 2050. The maximum Gasteiger partial charge on any atom is 0.339 e. The van der Waals surface area contributed by atoms with E-state index in [-0.39, 0.29) is 36.2 Å². The fourth-order valence-electron chi connectivity index (χ4n) is 10.0. The molecule has 3 N–H and O–H groups in total. The van der Waals surface area contributed by atoms with Gasteiger partial charge in [-0.1, -0.05) is 82.1 Å². The lowest BCUT2D eigenvalue weighted by atomic mass is 9.44. The summed E-state index contributed by atoms with van der Waals surface area (Å²) >= 11 is 0. The van der Waals surface area contributed by atoms with Gasteiger partial charge in [-0.05, 0) is 49.1 Å². The van der Waals surface area contributed by atoms with Crippen LogP contribution in [0, 0.1) is 16.7 Å². The van der Waals surface area contributed by atoms with Crippen LogP contribution < -0.4 is 0 Å². The number of rotatable bonds is 13. The van der Waals surface area contributed by atoms with Crippen molar-refractivity contribution in [2.75, 3.05) is 6.61 Å². The maximum atomic E-state index is 15.5. The van der Waals surface area contributed by atoms with Crippen LogP contribution in [0.4, 0.5) is 0 Å². The van der Waals surface area contributed by atoms with Crippen molar-refractivity contribution >= 4 is 35.6 Å². The summed E-state index contributed by atoms with van der Waals surface area (Å²) in [6, 6.07) is 16.0. The van der Waals surface area contributed by atoms with Crippen LogP contribution in [0.3, 0.4) is 0 Å². The molecule has 330 valence electrons. The second kappa shape index (κ2) is 17.4. The van der Waals surface area contributed by atoms with E-state index < -0.39 is 113 Å². The molecule has 0 spiro atoms. The summed E-state index contributed by atoms with van der Waals surface area (Å²) in [4.78, 5) is 82.8. The number of esters is 5. The highest BCUT2D eigenvalue weighted by atomic mass is 16.6. The van der Waals surface area contributed by atoms with Gasteiger partial charge in [0.15, 0.2) is 29.7 Å². The van der Waals surface area contributed by atoms with Crippen LogP contribution in [-0.4, -0.2) is 105 Å². The highest BCUT2D eigenvalue weighted by Crippen LogP contribution is 2.64. The Balaban J connectivity index is 1.52. The van der Waals surface area contributed by atoms with E-state index in [9.17, 15) is 39.3 Å². The van der Waals surface area contributed by atoms with Crippen molar-refractivity contribution in [3.63, 3.8) is 0 Å². The lowest BCUT2D eigenvalue weighted by molar-refractivity contribution is -0.346. The molecule has 1 aliphatic heterocycles. The smallest absolute Gasteiger partial charge is 0.339 e. The number of ketones is 1. The number of fused-ring (bicyclic) bond motifs is 5. The molecule has 61 heavy (non-hydrogen) atoms. The lowest BCUT2D eigenvalue weighted by Crippen LogP contribution is -2.82. The van der Waals surface area contributed by atoms with Gasteiger partial charge in [0.2, 0.25) is 0 Å². The first kappa shape index (κ1) is 45.6. The van der Waals surface area contributed by atoms with E-state index in [2.05, 4.69) is 0 Å². The topological polar surface area (TPSA) is 218 Å². The number of hydrogen-bond donors (Lipinski definition) is 3. The van der Waals surface area contributed by atoms with E-state index in [4.69, 9.17) is 28.4 Å². The summed E-state index contributed by atoms with van der Waals surface area (Å²) < 4.78 is 35.9. The van der Waals surface area contributed by atoms with Gasteiger partial charge in [-0.25, -0.2) is 9.59 Å². The van der Waals surface area contributed by atoms with Gasteiger partial charge in [-0.2, -0.15) is 0 Å². The van der Waals surface area contributed by atoms with E-state index in [0.717, 1.165) is 26.7 Å². The number of benzene rings is 2. The number of unbranched alkanes of at least 4 members (excludes halogenated alkanes) is 2. The minimum Gasteiger partial charge on any atom is -0.456 e. The monoisotopic (exact) mass is 848 g/mol. The zero-order chi connectivity index (χ0) is 44.7. The molecule has 0 aromatic heterocycles. The third kappa shape index (κ3) is 8.01. The molecule has 2 bridgehead atoms. The Morgan fingerprint density at radius 1 is 0.902 bits per heavy atom. The fourth-order valence-corrected chi connectivity index (χ4v) is 10.0. The van der Waals surface area contributed by atoms with Crippen molar-refractivity contribution < 1.29 is 72.5 Å². The van der Waals surface area contributed by atoms with E-state index in [1.54, 1.807) is 62.4 Å². The normalized spacial score (nSPS) is 32.3. The van der Waals surface area contributed by atoms with Gasteiger partial charge in [0.05, 0.1) is 29.6 Å². The third-order valence-corrected chi connectivity index (χ3v) is 13.3. The van der Waals surface area contributed by atoms with Gasteiger partial charge in [-0.15, -0.1) is 0 Å². The van der Waals surface area contributed by atoms with Crippen molar-refractivity contribution in [3.05, 3.63) is 82.9 Å². The molecule has 0 radical (unpaired) electrons. The summed E-state index contributed by atoms with van der Waals surface area (Å²) in [5.74, 6) is -6.91. The molecule has 3 aliphatic carbocycles. The number of carbonyl (C=O) groups is 6. The SMILES string of the molecule is CCCCCC(=O)O[C@@H](c1ccccc1)[C@@H](O)C(=O)O[C@@H]1C[C@@]2(O)[C@H](OC(=O)c3ccccc3)[C@H]3[C@@]4(OC(C)=O)CO[C@@H]4C[C@H](O)[C@@]3(C)C(=O)[C@H](OC(C)=O)C(=C1C)C2(C)C. The van der Waals surface area contributed by atoms with E-state index in [1.807, 2.05) is 6.92 Å². The second-order valence-corrected chi connectivity index (χ2v) is 17.4. The molecule has 15 heteroatoms. The number of ether oxygens (including phenoxy) is 6. The quantitative estimate of drug-likeness (QED) is 0.110. The maximum absolute atomic E-state index is 15.5. The molecule has 3 fully saturated rings. The molecule has 0 amide bonds. The van der Waals surface area contributed by atoms with Crippen molar-refractivity contribution in [1.29, 1.82) is 0 Å². The summed E-state index contributed by atoms with van der Waals surface area (Å²) in [5, 5.41) is 37.3. The summed E-state index contributed by atoms with van der Waals surface area (Å²) in [5.41, 5.74) is -7.32. The molecule has 2 aromatic carbocycles. The van der Waals surface area contributed by atoms with Gasteiger partial charge in [0.1, 0.15) is 23.9 Å². The molecule has 1 heterocycles. The summed E-state index contributed by atoms with van der Waals surface area (Å²) in [6.07, 6.45) is -9.86. The van der Waals surface area contributed by atoms with Crippen LogP contribution in [0.1, 0.15) is 109 Å². The van der Waals surface area contributed by atoms with Crippen LogP contribution in [-0.2, 0) is 52.4 Å². The predicted molar refractivity (Wildman–Crippen MR) is 214 cm³/mol. The number of hydrogen-bond acceptors (Lipinski definition) is 15. The van der Waals surface area contributed by atoms with Gasteiger partial charge in [0, 0.05) is 38.5 Å². The molecule has 6 rings (SSSR count). The molecule has 2 saturated carbocycles. The van der Waals surface area contributed by atoms with E-state index >= 15 is 4.79 Å². The zero-order valence-electron chi connectivity index (χ0n) is 35.6. The molecule has 4 aliphatic rings. The minimum absolute atomic E-state index is 0.00291. The number of aliphatic hydroxyl groups excluding tert-OH is 2. The molecule has 2 aromatic rings. The first-order valence-electron chi connectivity index (χ1n) is 20.8. The van der Waals surface area contributed by atoms with E-state index in [1.165, 1.54) is 26.0 Å². The first-order chi connectivity index (χ1) is 28.7. The molecular formula is C46H56O15. The van der Waals surface area contributed by atoms with Crippen molar-refractivity contribution in [1.82, 2.24) is 0 Å². The molecule has 0 unspecified atom stereocenters. The average Bonchev–Trinajstić information content (AvgIpc) is 3.21. The van der Waals surface area contributed by atoms with Gasteiger partial charge in [0.25, 0.3) is 0 Å². The van der Waals surface area contributed by atoms with Crippen LogP contribution in [0.5, 0.6) is 0 Å². The Labute approximate surface area is 354 Å². The van der Waals surface area contributed by atoms with Crippen LogP contribution in [0.2, 0.25) is 0 Å². The van der Waals surface area contributed by atoms with Gasteiger partial charge < -0.3 is 43.7 Å². The standard InChI is InChI=1S/C46H56O15/c1-8-9-12-21-33(50)59-36(28-17-13-10-14-18-28)35(51)42(54)58-30-23-46(55)40(60-41(53)29-19-15-11-16-20-29)38-44(7,31(49)22-32-45(38,24-56-32)61-27(4)48)39(52)37(57-26(3)47)34(25(30)2)43(46,5)6/h10-11,13-20,30-32,35-38,40,49,51,55H,8-9,12,21-24H2,1-7H3/t30-,31+,32-,35-,36+,37-,38-,40-,44-,45-,46-/m1/s1. The Morgan fingerprint density at radius 3 is 2.11 bits per heavy atom. The zero-order valence-corrected chi connectivity index (χ0v) is 35.6. The van der Waals surface area contributed by atoms with Crippen LogP contribution in [0.25, 0.3) is 0 Å². The average molecular weight is 849 g/mol. The predicted octanol–water partition coefficient (Wildman–Crippen LogP) is 4.43. The summed E-state index contributed by atoms with van der Waals surface area (Å²) in [7, 11) is 0. The van der Waals surface area contributed by atoms with Crippen LogP contribution >= 0.6 is 0 Å². The van der Waals surface area contributed by atoms with Gasteiger partial charge >= 0.3 is 29.8 Å². The highest BCUT2D eigenvalue weighted by Gasteiger charge is 2.78. The number of aliphatic hydroxyl groups is 3. The number of Topliss-reactive ketones (excluding diaryl/α,β-unsaturated/α-hetero) is 1. The van der Waals surface area contributed by atoms with Crippen LogP contribution in [0.15, 0.2) is 71.8 Å². The van der Waals surface area contributed by atoms with Crippen molar-refractivity contribution in [3.8, 4) is 0 Å². The Hall–Kier alpha value is -4.96. The molecule has 11 atom stereocenters. The highest BCUT2D eigenvalue weighted by molar-refractivity contribution is 5.95. The van der Waals surface area contributed by atoms with Gasteiger partial charge in [-0.3, -0.25) is 19.2 Å². The minimum atomic E-state index is -2.39. The Morgan fingerprint density at radius 2 is 1.54 bits per heavy atom. The summed E-state index contributed by atoms with van der Waals surface area (Å²) in [6.45, 7) is 9.95. The Kier molecular flexibility index (Phi) is 13.0. The fraction of sp³-hybridized carbons (Fsp3) is 0.565. The molecule has 15 nitrogen and oxygen atoms in total. The lowest BCUT2D eigenvalue weighted by Gasteiger charge is -2.67. The van der Waals surface area contributed by atoms with Crippen molar-refractivity contribution in [2.24, 2.45) is 16.7 Å². The first-order valence-corrected chi connectivity index (χ1v) is 20.8. The molecular weight excluding hydrogens is 792 g/mol. The largest absolute Gasteiger partial charge is 0.456 e. The number of carbonyl (C=O) groups excluding carboxylic acids is 6. The third-order valence-electron chi connectivity index (χ3n) is 13.3.